The van der Waals surface area contributed by atoms with Crippen molar-refractivity contribution >= 4 is 11.7 Å². The molecule has 0 aliphatic rings. The zero-order chi connectivity index (χ0) is 17.9. The van der Waals surface area contributed by atoms with Gasteiger partial charge in [0.2, 0.25) is 5.75 Å². The van der Waals surface area contributed by atoms with Crippen molar-refractivity contribution < 1.29 is 23.6 Å². The Balaban J connectivity index is 2.45. The molecular weight excluding hydrogens is 317 g/mol. The molecule has 0 atom stereocenters. The molecule has 24 heavy (non-hydrogen) atoms. The van der Waals surface area contributed by atoms with Gasteiger partial charge in [-0.15, -0.1) is 0 Å². The van der Waals surface area contributed by atoms with Crippen molar-refractivity contribution in [2.75, 3.05) is 7.11 Å². The van der Waals surface area contributed by atoms with Crippen LogP contribution in [0, 0.1) is 15.9 Å². The molecule has 0 heterocycles. The fourth-order valence-electron chi connectivity index (χ4n) is 2.15. The molecule has 0 radical (unpaired) electrons. The first kappa shape index (κ1) is 17.4. The molecule has 0 fully saturated rings. The van der Waals surface area contributed by atoms with Gasteiger partial charge < -0.3 is 9.47 Å². The zero-order valence-electron chi connectivity index (χ0n) is 13.4. The highest BCUT2D eigenvalue weighted by atomic mass is 19.1. The summed E-state index contributed by atoms with van der Waals surface area (Å²) in [5.74, 6) is -2.06. The van der Waals surface area contributed by atoms with Gasteiger partial charge in [-0.3, -0.25) is 10.1 Å². The molecule has 0 unspecified atom stereocenters. The quantitative estimate of drug-likeness (QED) is 0.356. The summed E-state index contributed by atoms with van der Waals surface area (Å²) in [6.07, 6.45) is 0. The number of hydrogen-bond acceptors (Lipinski definition) is 5. The molecule has 126 valence electrons. The molecule has 7 heteroatoms. The first-order valence-electron chi connectivity index (χ1n) is 7.18. The van der Waals surface area contributed by atoms with E-state index in [1.807, 2.05) is 13.8 Å². The number of carbonyl (C=O) groups excluding carboxylic acids is 1. The lowest BCUT2D eigenvalue weighted by atomic mass is 10.0. The third-order valence-electron chi connectivity index (χ3n) is 3.45. The number of halogens is 1. The summed E-state index contributed by atoms with van der Waals surface area (Å²) in [5.41, 5.74) is -0.0313. The topological polar surface area (TPSA) is 78.7 Å². The molecule has 0 N–H and O–H groups in total. The van der Waals surface area contributed by atoms with Crippen molar-refractivity contribution in [3.63, 3.8) is 0 Å². The van der Waals surface area contributed by atoms with Crippen molar-refractivity contribution in [2.24, 2.45) is 0 Å². The van der Waals surface area contributed by atoms with Gasteiger partial charge in [-0.05, 0) is 29.7 Å². The standard InChI is InChI=1S/C17H16FNO5/c1-10(2)11-7-8-13(19(21)22)15(9-11)24-17(20)16-12(18)5-4-6-14(16)23-3/h4-10H,1-3H3. The Hall–Kier alpha value is -2.96. The Kier molecular flexibility index (Phi) is 5.13. The highest BCUT2D eigenvalue weighted by molar-refractivity contribution is 5.94. The molecule has 2 aromatic carbocycles. The second kappa shape index (κ2) is 7.08. The third-order valence-corrected chi connectivity index (χ3v) is 3.45. The normalized spacial score (nSPS) is 10.5. The van der Waals surface area contributed by atoms with E-state index in [9.17, 15) is 19.3 Å². The molecule has 0 aliphatic carbocycles. The van der Waals surface area contributed by atoms with Crippen LogP contribution >= 0.6 is 0 Å². The minimum Gasteiger partial charge on any atom is -0.496 e. The van der Waals surface area contributed by atoms with E-state index in [0.717, 1.165) is 11.6 Å². The summed E-state index contributed by atoms with van der Waals surface area (Å²) in [4.78, 5) is 22.8. The second-order valence-corrected chi connectivity index (χ2v) is 5.35. The number of nitro groups is 1. The van der Waals surface area contributed by atoms with Crippen molar-refractivity contribution in [1.29, 1.82) is 0 Å². The predicted molar refractivity (Wildman–Crippen MR) is 85.1 cm³/mol. The number of rotatable bonds is 5. The number of nitro benzene ring substituents is 1. The number of hydrogen-bond donors (Lipinski definition) is 0. The van der Waals surface area contributed by atoms with E-state index in [1.165, 1.54) is 31.4 Å². The van der Waals surface area contributed by atoms with E-state index in [4.69, 9.17) is 9.47 Å². The summed E-state index contributed by atoms with van der Waals surface area (Å²) in [6, 6.07) is 8.12. The molecule has 6 nitrogen and oxygen atoms in total. The van der Waals surface area contributed by atoms with Gasteiger partial charge in [0, 0.05) is 6.07 Å². The smallest absolute Gasteiger partial charge is 0.350 e. The van der Waals surface area contributed by atoms with Crippen molar-refractivity contribution in [1.82, 2.24) is 0 Å². The van der Waals surface area contributed by atoms with Crippen LogP contribution < -0.4 is 9.47 Å². The number of carbonyl (C=O) groups is 1. The Labute approximate surface area is 138 Å². The molecule has 0 saturated carbocycles. The summed E-state index contributed by atoms with van der Waals surface area (Å²) in [6.45, 7) is 3.79. The van der Waals surface area contributed by atoms with Crippen LogP contribution in [0.1, 0.15) is 35.7 Å². The lowest BCUT2D eigenvalue weighted by molar-refractivity contribution is -0.385. The number of esters is 1. The largest absolute Gasteiger partial charge is 0.496 e. The van der Waals surface area contributed by atoms with E-state index in [2.05, 4.69) is 0 Å². The number of ether oxygens (including phenoxy) is 2. The van der Waals surface area contributed by atoms with Gasteiger partial charge >= 0.3 is 11.7 Å². The average molecular weight is 333 g/mol. The van der Waals surface area contributed by atoms with Crippen molar-refractivity contribution in [2.45, 2.75) is 19.8 Å². The lowest BCUT2D eigenvalue weighted by Gasteiger charge is -2.11. The molecule has 2 aromatic rings. The van der Waals surface area contributed by atoms with Crippen LogP contribution in [0.4, 0.5) is 10.1 Å². The van der Waals surface area contributed by atoms with Crippen LogP contribution in [-0.2, 0) is 0 Å². The maximum absolute atomic E-state index is 13.9. The molecule has 0 saturated heterocycles. The summed E-state index contributed by atoms with van der Waals surface area (Å²) >= 11 is 0. The van der Waals surface area contributed by atoms with Crippen LogP contribution in [0.5, 0.6) is 11.5 Å². The lowest BCUT2D eigenvalue weighted by Crippen LogP contribution is -2.13. The van der Waals surface area contributed by atoms with Gasteiger partial charge in [-0.1, -0.05) is 26.0 Å². The number of methoxy groups -OCH3 is 1. The Morgan fingerprint density at radius 3 is 2.50 bits per heavy atom. The van der Waals surface area contributed by atoms with Crippen LogP contribution in [0.3, 0.4) is 0 Å². The second-order valence-electron chi connectivity index (χ2n) is 5.35. The first-order chi connectivity index (χ1) is 11.3. The SMILES string of the molecule is COc1cccc(F)c1C(=O)Oc1cc(C(C)C)ccc1[N+](=O)[O-]. The summed E-state index contributed by atoms with van der Waals surface area (Å²) < 4.78 is 24.0. The van der Waals surface area contributed by atoms with E-state index < -0.39 is 22.3 Å². The van der Waals surface area contributed by atoms with Crippen LogP contribution in [-0.4, -0.2) is 18.0 Å². The third kappa shape index (κ3) is 3.51. The molecule has 0 aromatic heterocycles. The van der Waals surface area contributed by atoms with E-state index >= 15 is 0 Å². The molecule has 0 spiro atoms. The minimum atomic E-state index is -1.06. The van der Waals surface area contributed by atoms with Gasteiger partial charge in [0.25, 0.3) is 0 Å². The molecular formula is C17H16FNO5. The number of benzene rings is 2. The zero-order valence-corrected chi connectivity index (χ0v) is 13.4. The highest BCUT2D eigenvalue weighted by Crippen LogP contribution is 2.32. The monoisotopic (exact) mass is 333 g/mol. The predicted octanol–water partition coefficient (Wildman–Crippen LogP) is 4.09. The van der Waals surface area contributed by atoms with Gasteiger partial charge in [0.05, 0.1) is 12.0 Å². The molecule has 2 rings (SSSR count). The maximum Gasteiger partial charge on any atom is 0.350 e. The summed E-state index contributed by atoms with van der Waals surface area (Å²) in [7, 11) is 1.29. The van der Waals surface area contributed by atoms with Crippen LogP contribution in [0.2, 0.25) is 0 Å². The molecule has 0 bridgehead atoms. The van der Waals surface area contributed by atoms with Crippen LogP contribution in [0.15, 0.2) is 36.4 Å². The minimum absolute atomic E-state index is 0.0114. The van der Waals surface area contributed by atoms with Crippen LogP contribution in [0.25, 0.3) is 0 Å². The fourth-order valence-corrected chi connectivity index (χ4v) is 2.15. The Morgan fingerprint density at radius 1 is 1.21 bits per heavy atom. The van der Waals surface area contributed by atoms with Crippen molar-refractivity contribution in [3.05, 3.63) is 63.5 Å². The molecule has 0 aliphatic heterocycles. The Morgan fingerprint density at radius 2 is 1.92 bits per heavy atom. The molecule has 0 amide bonds. The first-order valence-corrected chi connectivity index (χ1v) is 7.18. The van der Waals surface area contributed by atoms with E-state index in [-0.39, 0.29) is 23.1 Å². The van der Waals surface area contributed by atoms with Gasteiger partial charge in [0.15, 0.2) is 0 Å². The van der Waals surface area contributed by atoms with E-state index in [0.29, 0.717) is 0 Å². The maximum atomic E-state index is 13.9. The average Bonchev–Trinajstić information content (AvgIpc) is 2.53. The van der Waals surface area contributed by atoms with Gasteiger partial charge in [0.1, 0.15) is 17.1 Å². The fraction of sp³-hybridized carbons (Fsp3) is 0.235. The van der Waals surface area contributed by atoms with Gasteiger partial charge in [-0.2, -0.15) is 0 Å². The number of nitrogens with zero attached hydrogens (tertiary/aromatic N) is 1. The van der Waals surface area contributed by atoms with Crippen molar-refractivity contribution in [3.8, 4) is 11.5 Å². The highest BCUT2D eigenvalue weighted by Gasteiger charge is 2.24. The summed E-state index contributed by atoms with van der Waals surface area (Å²) in [5, 5.41) is 11.1. The van der Waals surface area contributed by atoms with Gasteiger partial charge in [-0.25, -0.2) is 9.18 Å². The van der Waals surface area contributed by atoms with E-state index in [1.54, 1.807) is 6.07 Å². The Bertz CT molecular complexity index is 789.